The van der Waals surface area contributed by atoms with Gasteiger partial charge in [-0.3, -0.25) is 0 Å². The molecule has 0 saturated carbocycles. The number of aromatic nitrogens is 2. The SMILES string of the molecule is CC(C)c1nc(Br)cc(N(C)c2cccc(C#N)c2)n1. The molecule has 0 spiro atoms. The lowest BCUT2D eigenvalue weighted by Crippen LogP contribution is -2.13. The zero-order chi connectivity index (χ0) is 14.7. The maximum atomic E-state index is 8.97. The van der Waals surface area contributed by atoms with Gasteiger partial charge in [0.05, 0.1) is 11.6 Å². The van der Waals surface area contributed by atoms with E-state index in [1.165, 1.54) is 0 Å². The standard InChI is InChI=1S/C15H15BrN4/c1-10(2)15-18-13(16)8-14(19-15)20(3)12-6-4-5-11(7-12)9-17/h4-8,10H,1-3H3. The van der Waals surface area contributed by atoms with Crippen LogP contribution in [0.15, 0.2) is 34.9 Å². The third-order valence-electron chi connectivity index (χ3n) is 2.92. The van der Waals surface area contributed by atoms with E-state index in [-0.39, 0.29) is 5.92 Å². The fourth-order valence-corrected chi connectivity index (χ4v) is 2.16. The molecule has 2 aromatic rings. The molecule has 0 saturated heterocycles. The van der Waals surface area contributed by atoms with Crippen LogP contribution in [0.4, 0.5) is 11.5 Å². The Morgan fingerprint density at radius 1 is 1.25 bits per heavy atom. The Labute approximate surface area is 127 Å². The highest BCUT2D eigenvalue weighted by Crippen LogP contribution is 2.26. The fourth-order valence-electron chi connectivity index (χ4n) is 1.77. The van der Waals surface area contributed by atoms with Gasteiger partial charge in [-0.1, -0.05) is 19.9 Å². The summed E-state index contributed by atoms with van der Waals surface area (Å²) in [6.07, 6.45) is 0. The fraction of sp³-hybridized carbons (Fsp3) is 0.267. The summed E-state index contributed by atoms with van der Waals surface area (Å²) >= 11 is 3.42. The Balaban J connectivity index is 2.42. The van der Waals surface area contributed by atoms with Crippen molar-refractivity contribution in [3.63, 3.8) is 0 Å². The van der Waals surface area contributed by atoms with Crippen molar-refractivity contribution in [3.8, 4) is 6.07 Å². The van der Waals surface area contributed by atoms with E-state index in [1.807, 2.05) is 36.2 Å². The van der Waals surface area contributed by atoms with E-state index in [1.54, 1.807) is 6.07 Å². The van der Waals surface area contributed by atoms with Gasteiger partial charge < -0.3 is 4.90 Å². The first-order chi connectivity index (χ1) is 9.51. The van der Waals surface area contributed by atoms with E-state index in [0.29, 0.717) is 5.56 Å². The molecule has 20 heavy (non-hydrogen) atoms. The zero-order valence-corrected chi connectivity index (χ0v) is 13.2. The highest BCUT2D eigenvalue weighted by Gasteiger charge is 2.11. The Kier molecular flexibility index (Phi) is 4.35. The van der Waals surface area contributed by atoms with Gasteiger partial charge in [-0.25, -0.2) is 9.97 Å². The molecule has 1 heterocycles. The molecule has 0 aliphatic carbocycles. The Morgan fingerprint density at radius 3 is 2.65 bits per heavy atom. The summed E-state index contributed by atoms with van der Waals surface area (Å²) in [7, 11) is 1.93. The smallest absolute Gasteiger partial charge is 0.137 e. The van der Waals surface area contributed by atoms with E-state index >= 15 is 0 Å². The molecule has 0 fully saturated rings. The van der Waals surface area contributed by atoms with Crippen LogP contribution in [0.5, 0.6) is 0 Å². The van der Waals surface area contributed by atoms with Crippen LogP contribution >= 0.6 is 15.9 Å². The molecule has 1 aromatic carbocycles. The second-order valence-electron chi connectivity index (χ2n) is 4.78. The van der Waals surface area contributed by atoms with Gasteiger partial charge in [-0.2, -0.15) is 5.26 Å². The number of nitrogens with zero attached hydrogens (tertiary/aromatic N) is 4. The average Bonchev–Trinajstić information content (AvgIpc) is 2.45. The van der Waals surface area contributed by atoms with Gasteiger partial charge in [0.2, 0.25) is 0 Å². The number of rotatable bonds is 3. The van der Waals surface area contributed by atoms with Crippen molar-refractivity contribution in [2.24, 2.45) is 0 Å². The minimum absolute atomic E-state index is 0.255. The van der Waals surface area contributed by atoms with Gasteiger partial charge >= 0.3 is 0 Å². The molecule has 0 aliphatic rings. The number of hydrogen-bond acceptors (Lipinski definition) is 4. The Hall–Kier alpha value is -1.93. The van der Waals surface area contributed by atoms with Gasteiger partial charge in [0.25, 0.3) is 0 Å². The lowest BCUT2D eigenvalue weighted by Gasteiger charge is -2.19. The third kappa shape index (κ3) is 3.14. The highest BCUT2D eigenvalue weighted by molar-refractivity contribution is 9.10. The molecule has 0 radical (unpaired) electrons. The van der Waals surface area contributed by atoms with Crippen molar-refractivity contribution in [2.75, 3.05) is 11.9 Å². The predicted molar refractivity (Wildman–Crippen MR) is 83.0 cm³/mol. The van der Waals surface area contributed by atoms with Crippen molar-refractivity contribution in [1.82, 2.24) is 9.97 Å². The summed E-state index contributed by atoms with van der Waals surface area (Å²) in [6, 6.07) is 11.5. The average molecular weight is 331 g/mol. The summed E-state index contributed by atoms with van der Waals surface area (Å²) in [5.41, 5.74) is 1.55. The summed E-state index contributed by atoms with van der Waals surface area (Å²) in [4.78, 5) is 10.9. The van der Waals surface area contributed by atoms with E-state index < -0.39 is 0 Å². The van der Waals surface area contributed by atoms with Crippen LogP contribution in [0.1, 0.15) is 31.2 Å². The topological polar surface area (TPSA) is 52.8 Å². The van der Waals surface area contributed by atoms with Crippen LogP contribution in [-0.2, 0) is 0 Å². The van der Waals surface area contributed by atoms with Gasteiger partial charge in [0, 0.05) is 24.7 Å². The normalized spacial score (nSPS) is 10.4. The highest BCUT2D eigenvalue weighted by atomic mass is 79.9. The van der Waals surface area contributed by atoms with Crippen molar-refractivity contribution < 1.29 is 0 Å². The van der Waals surface area contributed by atoms with Crippen LogP contribution in [-0.4, -0.2) is 17.0 Å². The molecule has 0 aliphatic heterocycles. The molecule has 102 valence electrons. The first kappa shape index (κ1) is 14.5. The van der Waals surface area contributed by atoms with E-state index in [4.69, 9.17) is 5.26 Å². The summed E-state index contributed by atoms with van der Waals surface area (Å²) < 4.78 is 0.759. The summed E-state index contributed by atoms with van der Waals surface area (Å²) in [6.45, 7) is 4.11. The molecule has 2 rings (SSSR count). The number of halogens is 1. The quantitative estimate of drug-likeness (QED) is 0.798. The molecule has 0 unspecified atom stereocenters. The molecule has 1 aromatic heterocycles. The second-order valence-corrected chi connectivity index (χ2v) is 5.60. The van der Waals surface area contributed by atoms with E-state index in [0.717, 1.165) is 21.9 Å². The largest absolute Gasteiger partial charge is 0.329 e. The van der Waals surface area contributed by atoms with Crippen LogP contribution in [0.2, 0.25) is 0 Å². The van der Waals surface area contributed by atoms with Gasteiger partial charge in [-0.05, 0) is 34.1 Å². The molecule has 0 N–H and O–H groups in total. The van der Waals surface area contributed by atoms with Gasteiger partial charge in [-0.15, -0.1) is 0 Å². The maximum absolute atomic E-state index is 8.97. The lowest BCUT2D eigenvalue weighted by molar-refractivity contribution is 0.767. The van der Waals surface area contributed by atoms with Crippen LogP contribution < -0.4 is 4.90 Å². The Morgan fingerprint density at radius 2 is 2.00 bits per heavy atom. The molecule has 4 nitrogen and oxygen atoms in total. The van der Waals surface area contributed by atoms with Crippen LogP contribution in [0, 0.1) is 11.3 Å². The molecule has 5 heteroatoms. The van der Waals surface area contributed by atoms with Crippen LogP contribution in [0.3, 0.4) is 0 Å². The van der Waals surface area contributed by atoms with Crippen molar-refractivity contribution in [2.45, 2.75) is 19.8 Å². The van der Waals surface area contributed by atoms with Crippen LogP contribution in [0.25, 0.3) is 0 Å². The maximum Gasteiger partial charge on any atom is 0.137 e. The van der Waals surface area contributed by atoms with Crippen molar-refractivity contribution >= 4 is 27.4 Å². The van der Waals surface area contributed by atoms with Gasteiger partial charge in [0.15, 0.2) is 0 Å². The minimum atomic E-state index is 0.255. The number of nitriles is 1. The second kappa shape index (κ2) is 6.02. The monoisotopic (exact) mass is 330 g/mol. The third-order valence-corrected chi connectivity index (χ3v) is 3.33. The zero-order valence-electron chi connectivity index (χ0n) is 11.6. The molecule has 0 bridgehead atoms. The summed E-state index contributed by atoms with van der Waals surface area (Å²) in [5, 5.41) is 8.97. The van der Waals surface area contributed by atoms with Crippen molar-refractivity contribution in [3.05, 3.63) is 46.3 Å². The molecule has 0 atom stereocenters. The summed E-state index contributed by atoms with van der Waals surface area (Å²) in [5.74, 6) is 1.84. The molecular weight excluding hydrogens is 316 g/mol. The minimum Gasteiger partial charge on any atom is -0.329 e. The Bertz CT molecular complexity index is 661. The molecular formula is C15H15BrN4. The van der Waals surface area contributed by atoms with Gasteiger partial charge in [0.1, 0.15) is 16.2 Å². The van der Waals surface area contributed by atoms with E-state index in [9.17, 15) is 0 Å². The first-order valence-corrected chi connectivity index (χ1v) is 7.09. The van der Waals surface area contributed by atoms with Crippen molar-refractivity contribution in [1.29, 1.82) is 5.26 Å². The number of benzene rings is 1. The number of anilines is 2. The van der Waals surface area contributed by atoms with E-state index in [2.05, 4.69) is 45.8 Å². The molecule has 0 amide bonds. The predicted octanol–water partition coefficient (Wildman–Crippen LogP) is 4.00. The number of hydrogen-bond donors (Lipinski definition) is 0. The first-order valence-electron chi connectivity index (χ1n) is 6.29. The lowest BCUT2D eigenvalue weighted by atomic mass is 10.2.